The van der Waals surface area contributed by atoms with Gasteiger partial charge in [0.25, 0.3) is 0 Å². The van der Waals surface area contributed by atoms with Crippen LogP contribution in [0.15, 0.2) is 17.3 Å². The van der Waals surface area contributed by atoms with E-state index in [1.165, 1.54) is 6.34 Å². The molecule has 0 rings (SSSR count). The van der Waals surface area contributed by atoms with Gasteiger partial charge in [-0.2, -0.15) is 0 Å². The zero-order valence-corrected chi connectivity index (χ0v) is 7.76. The van der Waals surface area contributed by atoms with Crippen molar-refractivity contribution in [2.24, 2.45) is 10.7 Å². The lowest BCUT2D eigenvalue weighted by atomic mass is 10.7. The van der Waals surface area contributed by atoms with Gasteiger partial charge in [0, 0.05) is 6.20 Å². The molecule has 0 aromatic rings. The third kappa shape index (κ3) is 56.9. The summed E-state index contributed by atoms with van der Waals surface area (Å²) >= 11 is 0. The minimum absolute atomic E-state index is 1.25. The maximum absolute atomic E-state index is 4.87. The van der Waals surface area contributed by atoms with Gasteiger partial charge in [-0.25, -0.2) is 4.99 Å². The smallest absolute Gasteiger partial charge is 0.0852 e. The van der Waals surface area contributed by atoms with Crippen LogP contribution >= 0.6 is 0 Å². The molecule has 62 valence electrons. The molecule has 0 saturated carbocycles. The first-order chi connectivity index (χ1) is 4.91. The van der Waals surface area contributed by atoms with Crippen molar-refractivity contribution in [1.82, 2.24) is 0 Å². The third-order valence-corrected chi connectivity index (χ3v) is 0.321. The Kier molecular flexibility index (Phi) is 66.7. The average molecular weight is 144 g/mol. The second-order valence-electron chi connectivity index (χ2n) is 0.781. The molecule has 0 aromatic heterocycles. The number of nitrogens with zero attached hydrogens (tertiary/aromatic N) is 1. The van der Waals surface area contributed by atoms with Gasteiger partial charge in [-0.05, 0) is 6.92 Å². The van der Waals surface area contributed by atoms with Gasteiger partial charge < -0.3 is 5.73 Å². The van der Waals surface area contributed by atoms with Crippen molar-refractivity contribution < 1.29 is 0 Å². The lowest BCUT2D eigenvalue weighted by molar-refractivity contribution is 1.50. The van der Waals surface area contributed by atoms with E-state index in [-0.39, 0.29) is 0 Å². The molecule has 0 fully saturated rings. The lowest BCUT2D eigenvalue weighted by Gasteiger charge is -1.65. The molecule has 0 radical (unpaired) electrons. The van der Waals surface area contributed by atoms with Crippen molar-refractivity contribution in [3.8, 4) is 0 Å². The monoisotopic (exact) mass is 144 g/mol. The van der Waals surface area contributed by atoms with Crippen molar-refractivity contribution in [2.75, 3.05) is 0 Å². The highest BCUT2D eigenvalue weighted by Crippen LogP contribution is 1.65. The highest BCUT2D eigenvalue weighted by molar-refractivity contribution is 5.52. The fourth-order valence-electron chi connectivity index (χ4n) is 0.136. The predicted octanol–water partition coefficient (Wildman–Crippen LogP) is 2.56. The summed E-state index contributed by atoms with van der Waals surface area (Å²) in [6.45, 7) is 9.88. The Morgan fingerprint density at radius 2 is 1.50 bits per heavy atom. The quantitative estimate of drug-likeness (QED) is 0.446. The van der Waals surface area contributed by atoms with Crippen LogP contribution in [0.3, 0.4) is 0 Å². The molecule has 2 heteroatoms. The minimum Gasteiger partial charge on any atom is -0.390 e. The molecular formula is C8H20N2. The number of nitrogens with two attached hydrogens (primary N) is 1. The summed E-state index contributed by atoms with van der Waals surface area (Å²) in [5, 5.41) is 0. The van der Waals surface area contributed by atoms with E-state index in [4.69, 9.17) is 5.73 Å². The van der Waals surface area contributed by atoms with Crippen LogP contribution in [0.5, 0.6) is 0 Å². The number of rotatable bonds is 1. The number of allylic oxidation sites excluding steroid dienone is 1. The van der Waals surface area contributed by atoms with Crippen molar-refractivity contribution >= 4 is 6.34 Å². The topological polar surface area (TPSA) is 38.4 Å². The van der Waals surface area contributed by atoms with Crippen LogP contribution in [0.2, 0.25) is 0 Å². The highest BCUT2D eigenvalue weighted by Gasteiger charge is 1.48. The summed E-state index contributed by atoms with van der Waals surface area (Å²) in [5.41, 5.74) is 4.87. The number of aliphatic imine (C=N–C) groups is 1. The molecule has 0 spiro atoms. The summed E-state index contributed by atoms with van der Waals surface area (Å²) in [4.78, 5) is 3.56. The normalized spacial score (nSPS) is 8.10. The molecular weight excluding hydrogens is 124 g/mol. The molecule has 0 unspecified atom stereocenters. The van der Waals surface area contributed by atoms with E-state index in [0.29, 0.717) is 0 Å². The van der Waals surface area contributed by atoms with E-state index < -0.39 is 0 Å². The molecule has 0 saturated heterocycles. The summed E-state index contributed by atoms with van der Waals surface area (Å²) < 4.78 is 0. The Labute approximate surface area is 64.9 Å². The highest BCUT2D eigenvalue weighted by atomic mass is 14.8. The molecule has 0 aliphatic heterocycles. The Morgan fingerprint density at radius 1 is 1.10 bits per heavy atom. The first-order valence-corrected chi connectivity index (χ1v) is 3.76. The van der Waals surface area contributed by atoms with Crippen molar-refractivity contribution in [3.63, 3.8) is 0 Å². The molecule has 2 N–H and O–H groups in total. The number of hydrogen-bond acceptors (Lipinski definition) is 1. The summed E-state index contributed by atoms with van der Waals surface area (Å²) in [6.07, 6.45) is 4.68. The van der Waals surface area contributed by atoms with Crippen molar-refractivity contribution in [3.05, 3.63) is 12.3 Å². The van der Waals surface area contributed by atoms with Gasteiger partial charge in [0.1, 0.15) is 0 Å². The molecule has 0 aliphatic carbocycles. The largest absolute Gasteiger partial charge is 0.390 e. The van der Waals surface area contributed by atoms with Gasteiger partial charge in [-0.3, -0.25) is 0 Å². The Hall–Kier alpha value is -0.790. The van der Waals surface area contributed by atoms with E-state index in [1.54, 1.807) is 6.20 Å². The van der Waals surface area contributed by atoms with E-state index in [2.05, 4.69) is 4.99 Å². The zero-order chi connectivity index (χ0) is 8.83. The van der Waals surface area contributed by atoms with Crippen LogP contribution in [0.1, 0.15) is 34.6 Å². The molecule has 0 aromatic carbocycles. The fraction of sp³-hybridized carbons (Fsp3) is 0.625. The number of hydrogen-bond donors (Lipinski definition) is 1. The molecule has 10 heavy (non-hydrogen) atoms. The molecule has 0 amide bonds. The van der Waals surface area contributed by atoms with Gasteiger partial charge in [0.05, 0.1) is 6.34 Å². The van der Waals surface area contributed by atoms with E-state index in [0.717, 1.165) is 0 Å². The van der Waals surface area contributed by atoms with Crippen LogP contribution in [-0.4, -0.2) is 6.34 Å². The van der Waals surface area contributed by atoms with Gasteiger partial charge in [-0.15, -0.1) is 0 Å². The van der Waals surface area contributed by atoms with Gasteiger partial charge in [0.15, 0.2) is 0 Å². The molecule has 0 atom stereocenters. The maximum Gasteiger partial charge on any atom is 0.0852 e. The van der Waals surface area contributed by atoms with Crippen molar-refractivity contribution in [2.45, 2.75) is 34.6 Å². The van der Waals surface area contributed by atoms with Gasteiger partial charge in [0.2, 0.25) is 0 Å². The zero-order valence-electron chi connectivity index (χ0n) is 7.76. The average Bonchev–Trinajstić information content (AvgIpc) is 2.08. The first-order valence-electron chi connectivity index (χ1n) is 3.76. The molecule has 0 heterocycles. The van der Waals surface area contributed by atoms with Crippen LogP contribution in [0.4, 0.5) is 0 Å². The standard InChI is InChI=1S/C4H8N2.2C2H6/c1-2-3-6-4-5;2*1-2/h2-4H,1H3,(H2,5,6);2*1-2H3/b3-2-;;. The van der Waals surface area contributed by atoms with Crippen LogP contribution in [0.25, 0.3) is 0 Å². The lowest BCUT2D eigenvalue weighted by Crippen LogP contribution is -1.84. The van der Waals surface area contributed by atoms with Crippen molar-refractivity contribution in [1.29, 1.82) is 0 Å². The molecule has 0 bridgehead atoms. The third-order valence-electron chi connectivity index (χ3n) is 0.321. The Bertz CT molecular complexity index is 55.7. The summed E-state index contributed by atoms with van der Waals surface area (Å²) in [5.74, 6) is 0. The van der Waals surface area contributed by atoms with E-state index in [1.807, 2.05) is 40.7 Å². The SMILES string of the molecule is C/C=C\N=CN.CC.CC. The second-order valence-corrected chi connectivity index (χ2v) is 0.781. The van der Waals surface area contributed by atoms with Gasteiger partial charge >= 0.3 is 0 Å². The second kappa shape index (κ2) is 41.4. The van der Waals surface area contributed by atoms with Gasteiger partial charge in [-0.1, -0.05) is 33.8 Å². The predicted molar refractivity (Wildman–Crippen MR) is 50.2 cm³/mol. The van der Waals surface area contributed by atoms with E-state index in [9.17, 15) is 0 Å². The van der Waals surface area contributed by atoms with Crippen LogP contribution in [0, 0.1) is 0 Å². The molecule has 0 aliphatic rings. The molecule has 2 nitrogen and oxygen atoms in total. The fourth-order valence-corrected chi connectivity index (χ4v) is 0.136. The Morgan fingerprint density at radius 3 is 1.60 bits per heavy atom. The maximum atomic E-state index is 4.87. The summed E-state index contributed by atoms with van der Waals surface area (Å²) in [6, 6.07) is 0. The first kappa shape index (κ1) is 16.1. The van der Waals surface area contributed by atoms with E-state index >= 15 is 0 Å². The van der Waals surface area contributed by atoms with Crippen LogP contribution in [-0.2, 0) is 0 Å². The van der Waals surface area contributed by atoms with Crippen LogP contribution < -0.4 is 5.73 Å². The Balaban J connectivity index is -0.000000105. The minimum atomic E-state index is 1.25. The summed E-state index contributed by atoms with van der Waals surface area (Å²) in [7, 11) is 0.